The highest BCUT2D eigenvalue weighted by Gasteiger charge is 2.36. The molecule has 0 N–H and O–H groups in total. The van der Waals surface area contributed by atoms with E-state index in [2.05, 4.69) is 0 Å². The summed E-state index contributed by atoms with van der Waals surface area (Å²) in [7, 11) is -5.29. The highest BCUT2D eigenvalue weighted by atomic mass is 32.2. The summed E-state index contributed by atoms with van der Waals surface area (Å²) in [6.07, 6.45) is 3.69. The molecule has 0 radical (unpaired) electrons. The molecule has 2 aliphatic heterocycles. The van der Waals surface area contributed by atoms with Crippen LogP contribution in [0, 0.1) is 5.92 Å². The number of nitrogens with zero attached hydrogens (tertiary/aromatic N) is 3. The molecule has 2 saturated heterocycles. The summed E-state index contributed by atoms with van der Waals surface area (Å²) in [6.45, 7) is 1.60. The fourth-order valence-corrected chi connectivity index (χ4v) is 6.38. The predicted octanol–water partition coefficient (Wildman–Crippen LogP) is 0.970. The second-order valence-electron chi connectivity index (χ2n) is 7.85. The zero-order chi connectivity index (χ0) is 21.2. The summed E-state index contributed by atoms with van der Waals surface area (Å²) in [4.78, 5) is 15.0. The van der Waals surface area contributed by atoms with E-state index >= 15 is 0 Å². The second kappa shape index (κ2) is 8.71. The number of rotatable bonds is 5. The summed E-state index contributed by atoms with van der Waals surface area (Å²) in [5.74, 6) is -0.384. The van der Waals surface area contributed by atoms with Crippen LogP contribution in [0.5, 0.6) is 0 Å². The highest BCUT2D eigenvalue weighted by molar-refractivity contribution is 7.89. The van der Waals surface area contributed by atoms with Gasteiger partial charge in [0, 0.05) is 39.3 Å². The number of likely N-dealkylation sites (tertiary alicyclic amines) is 1. The molecular formula is C19H29N3O5S2. The number of carbonyl (C=O) groups is 1. The van der Waals surface area contributed by atoms with Crippen LogP contribution in [-0.4, -0.2) is 81.8 Å². The molecule has 2 fully saturated rings. The minimum Gasteiger partial charge on any atom is -0.342 e. The zero-order valence-electron chi connectivity index (χ0n) is 16.9. The Labute approximate surface area is 173 Å². The molecule has 8 nitrogen and oxygen atoms in total. The van der Waals surface area contributed by atoms with Crippen molar-refractivity contribution in [1.82, 2.24) is 13.5 Å². The van der Waals surface area contributed by atoms with Crippen LogP contribution in [-0.2, 0) is 24.8 Å². The number of hydrogen-bond donors (Lipinski definition) is 0. The van der Waals surface area contributed by atoms with Gasteiger partial charge in [-0.05, 0) is 37.8 Å². The van der Waals surface area contributed by atoms with Crippen molar-refractivity contribution in [3.63, 3.8) is 0 Å². The van der Waals surface area contributed by atoms with Gasteiger partial charge in [-0.2, -0.15) is 4.31 Å². The minimum atomic E-state index is -3.61. The Morgan fingerprint density at radius 3 is 2.21 bits per heavy atom. The van der Waals surface area contributed by atoms with Crippen molar-refractivity contribution < 1.29 is 21.6 Å². The first kappa shape index (κ1) is 22.2. The number of sulfonamides is 2. The second-order valence-corrected chi connectivity index (χ2v) is 11.8. The van der Waals surface area contributed by atoms with E-state index in [9.17, 15) is 21.6 Å². The van der Waals surface area contributed by atoms with E-state index in [0.29, 0.717) is 45.3 Å². The maximum atomic E-state index is 13.0. The largest absolute Gasteiger partial charge is 0.342 e. The first-order chi connectivity index (χ1) is 13.6. The maximum absolute atomic E-state index is 13.0. The van der Waals surface area contributed by atoms with Gasteiger partial charge in [-0.15, -0.1) is 0 Å². The van der Waals surface area contributed by atoms with Gasteiger partial charge in [0.25, 0.3) is 0 Å². The molecule has 0 aromatic heterocycles. The van der Waals surface area contributed by atoms with Crippen LogP contribution in [0.25, 0.3) is 0 Å². The predicted molar refractivity (Wildman–Crippen MR) is 110 cm³/mol. The number of carbonyl (C=O) groups excluding carboxylic acids is 1. The Morgan fingerprint density at radius 2 is 1.62 bits per heavy atom. The average molecular weight is 444 g/mol. The lowest BCUT2D eigenvalue weighted by Crippen LogP contribution is -2.51. The Kier molecular flexibility index (Phi) is 6.67. The molecule has 29 heavy (non-hydrogen) atoms. The summed E-state index contributed by atoms with van der Waals surface area (Å²) < 4.78 is 52.0. The van der Waals surface area contributed by atoms with Gasteiger partial charge in [0.2, 0.25) is 26.0 Å². The highest BCUT2D eigenvalue weighted by Crippen LogP contribution is 2.26. The van der Waals surface area contributed by atoms with Crippen molar-refractivity contribution in [2.75, 3.05) is 39.5 Å². The smallest absolute Gasteiger partial charge is 0.243 e. The molecular weight excluding hydrogens is 414 g/mol. The Hall–Kier alpha value is -1.49. The average Bonchev–Trinajstić information content (AvgIpc) is 2.73. The van der Waals surface area contributed by atoms with Crippen molar-refractivity contribution in [1.29, 1.82) is 0 Å². The number of benzene rings is 1. The fraction of sp³-hybridized carbons (Fsp3) is 0.632. The van der Waals surface area contributed by atoms with Crippen LogP contribution >= 0.6 is 0 Å². The quantitative estimate of drug-likeness (QED) is 0.676. The van der Waals surface area contributed by atoms with E-state index in [1.807, 2.05) is 0 Å². The lowest BCUT2D eigenvalue weighted by molar-refractivity contribution is -0.138. The molecule has 2 heterocycles. The molecule has 10 heteroatoms. The standard InChI is InChI=1S/C19H29N3O5S2/c1-20(28(2,24)25)17-10-13-21(14-11-17)19(23)16-7-6-12-22(15-16)29(26,27)18-8-4-3-5-9-18/h3-5,8-9,16-17H,6-7,10-15H2,1-2H3. The van der Waals surface area contributed by atoms with Crippen molar-refractivity contribution in [3.05, 3.63) is 30.3 Å². The van der Waals surface area contributed by atoms with Gasteiger partial charge in [0.15, 0.2) is 0 Å². The van der Waals surface area contributed by atoms with E-state index in [0.717, 1.165) is 0 Å². The van der Waals surface area contributed by atoms with Gasteiger partial charge in [-0.3, -0.25) is 4.79 Å². The van der Waals surface area contributed by atoms with Crippen LogP contribution in [0.3, 0.4) is 0 Å². The first-order valence-electron chi connectivity index (χ1n) is 9.87. The van der Waals surface area contributed by atoms with Gasteiger partial charge in [-0.1, -0.05) is 18.2 Å². The van der Waals surface area contributed by atoms with Crippen LogP contribution < -0.4 is 0 Å². The SMILES string of the molecule is CN(C1CCN(C(=O)C2CCCN(S(=O)(=O)c3ccccc3)C2)CC1)S(C)(=O)=O. The molecule has 1 amide bonds. The molecule has 0 spiro atoms. The fourth-order valence-electron chi connectivity index (χ4n) is 4.08. The van der Waals surface area contributed by atoms with Crippen LogP contribution in [0.4, 0.5) is 0 Å². The Morgan fingerprint density at radius 1 is 1.00 bits per heavy atom. The monoisotopic (exact) mass is 443 g/mol. The van der Waals surface area contributed by atoms with Gasteiger partial charge in [0.05, 0.1) is 17.1 Å². The molecule has 1 aromatic carbocycles. The zero-order valence-corrected chi connectivity index (χ0v) is 18.5. The topological polar surface area (TPSA) is 95.1 Å². The summed E-state index contributed by atoms with van der Waals surface area (Å²) in [5, 5.41) is 0. The number of hydrogen-bond acceptors (Lipinski definition) is 5. The third-order valence-electron chi connectivity index (χ3n) is 5.93. The molecule has 1 aromatic rings. The molecule has 3 rings (SSSR count). The molecule has 1 unspecified atom stereocenters. The van der Waals surface area contributed by atoms with Crippen molar-refractivity contribution in [2.45, 2.75) is 36.6 Å². The molecule has 0 saturated carbocycles. The number of amides is 1. The molecule has 162 valence electrons. The lowest BCUT2D eigenvalue weighted by atomic mass is 9.96. The van der Waals surface area contributed by atoms with Crippen molar-refractivity contribution in [2.24, 2.45) is 5.92 Å². The van der Waals surface area contributed by atoms with Crippen molar-refractivity contribution in [3.8, 4) is 0 Å². The van der Waals surface area contributed by atoms with E-state index in [1.54, 1.807) is 42.3 Å². The summed E-state index contributed by atoms with van der Waals surface area (Å²) >= 11 is 0. The number of piperidine rings is 2. The van der Waals surface area contributed by atoms with E-state index in [4.69, 9.17) is 0 Å². The van der Waals surface area contributed by atoms with Gasteiger partial charge < -0.3 is 4.90 Å². The van der Waals surface area contributed by atoms with E-state index in [1.165, 1.54) is 14.9 Å². The molecule has 0 bridgehead atoms. The van der Waals surface area contributed by atoms with Crippen LogP contribution in [0.2, 0.25) is 0 Å². The third-order valence-corrected chi connectivity index (χ3v) is 9.15. The normalized spacial score (nSPS) is 22.7. The first-order valence-corrected chi connectivity index (χ1v) is 13.2. The van der Waals surface area contributed by atoms with Gasteiger partial charge >= 0.3 is 0 Å². The van der Waals surface area contributed by atoms with Gasteiger partial charge in [0.1, 0.15) is 0 Å². The molecule has 0 aliphatic carbocycles. The maximum Gasteiger partial charge on any atom is 0.243 e. The van der Waals surface area contributed by atoms with E-state index < -0.39 is 20.0 Å². The Balaban J connectivity index is 1.62. The van der Waals surface area contributed by atoms with Gasteiger partial charge in [-0.25, -0.2) is 21.1 Å². The minimum absolute atomic E-state index is 0.0292. The third kappa shape index (κ3) is 4.99. The van der Waals surface area contributed by atoms with Crippen LogP contribution in [0.1, 0.15) is 25.7 Å². The molecule has 2 aliphatic rings. The summed E-state index contributed by atoms with van der Waals surface area (Å²) in [6, 6.07) is 8.20. The lowest BCUT2D eigenvalue weighted by Gasteiger charge is -2.39. The molecule has 1 atom stereocenters. The Bertz CT molecular complexity index is 926. The van der Waals surface area contributed by atoms with Crippen LogP contribution in [0.15, 0.2) is 35.2 Å². The van der Waals surface area contributed by atoms with Crippen molar-refractivity contribution >= 4 is 26.0 Å². The van der Waals surface area contributed by atoms with E-state index in [-0.39, 0.29) is 29.3 Å². The summed E-state index contributed by atoms with van der Waals surface area (Å²) in [5.41, 5.74) is 0.